The summed E-state index contributed by atoms with van der Waals surface area (Å²) < 4.78 is 18.2. The zero-order valence-electron chi connectivity index (χ0n) is 18.5. The van der Waals surface area contributed by atoms with E-state index in [9.17, 15) is 9.18 Å². The van der Waals surface area contributed by atoms with Crippen molar-refractivity contribution in [2.45, 2.75) is 13.0 Å². The van der Waals surface area contributed by atoms with Crippen molar-refractivity contribution < 1.29 is 13.9 Å². The molecule has 0 amide bonds. The third-order valence-electron chi connectivity index (χ3n) is 5.50. The maximum Gasteiger partial charge on any atom is 0.185 e. The lowest BCUT2D eigenvalue weighted by Gasteiger charge is -2.07. The van der Waals surface area contributed by atoms with Crippen molar-refractivity contribution in [1.29, 1.82) is 0 Å². The second kappa shape index (κ2) is 10.7. The smallest absolute Gasteiger partial charge is 0.185 e. The van der Waals surface area contributed by atoms with Crippen molar-refractivity contribution in [2.75, 3.05) is 7.11 Å². The number of ether oxygens (including phenoxy) is 1. The van der Waals surface area contributed by atoms with Gasteiger partial charge >= 0.3 is 0 Å². The highest BCUT2D eigenvalue weighted by Gasteiger charge is 2.03. The molecular weight excluding hydrogens is 411 g/mol. The van der Waals surface area contributed by atoms with E-state index >= 15 is 0 Å². The van der Waals surface area contributed by atoms with Crippen molar-refractivity contribution in [3.8, 4) is 11.1 Å². The van der Waals surface area contributed by atoms with Gasteiger partial charge in [0.2, 0.25) is 0 Å². The molecule has 33 heavy (non-hydrogen) atoms. The van der Waals surface area contributed by atoms with E-state index in [0.29, 0.717) is 12.2 Å². The Bertz CT molecular complexity index is 1220. The topological polar surface area (TPSA) is 26.3 Å². The number of hydrogen-bond acceptors (Lipinski definition) is 2. The lowest BCUT2D eigenvalue weighted by Crippen LogP contribution is -1.94. The first kappa shape index (κ1) is 22.4. The van der Waals surface area contributed by atoms with Gasteiger partial charge in [-0.1, -0.05) is 78.9 Å². The average Bonchev–Trinajstić information content (AvgIpc) is 2.85. The van der Waals surface area contributed by atoms with Gasteiger partial charge in [0.15, 0.2) is 5.78 Å². The van der Waals surface area contributed by atoms with Crippen LogP contribution in [-0.4, -0.2) is 12.9 Å². The third kappa shape index (κ3) is 6.12. The number of methoxy groups -OCH3 is 1. The maximum absolute atomic E-state index is 13.0. The largest absolute Gasteiger partial charge is 0.380 e. The molecule has 0 unspecified atom stereocenters. The Hall–Kier alpha value is -3.82. The van der Waals surface area contributed by atoms with E-state index in [4.69, 9.17) is 4.74 Å². The number of ketones is 1. The summed E-state index contributed by atoms with van der Waals surface area (Å²) in [5, 5.41) is 0. The van der Waals surface area contributed by atoms with Crippen LogP contribution in [0.5, 0.6) is 0 Å². The summed E-state index contributed by atoms with van der Waals surface area (Å²) in [7, 11) is 1.70. The number of carbonyl (C=O) groups excluding carboxylic acids is 1. The Morgan fingerprint density at radius 1 is 0.727 bits per heavy atom. The van der Waals surface area contributed by atoms with Gasteiger partial charge in [0.1, 0.15) is 5.82 Å². The first-order chi connectivity index (χ1) is 16.1. The SMILES string of the molecule is COCc1ccc(-c2ccc(Cc3ccc(/C=C/C(=O)c4ccc(F)cc4)cc3)cc2)cc1. The summed E-state index contributed by atoms with van der Waals surface area (Å²) in [6.45, 7) is 0.623. The van der Waals surface area contributed by atoms with Crippen LogP contribution in [0.4, 0.5) is 4.39 Å². The first-order valence-electron chi connectivity index (χ1n) is 10.8. The van der Waals surface area contributed by atoms with Crippen LogP contribution < -0.4 is 0 Å². The summed E-state index contributed by atoms with van der Waals surface area (Å²) in [6.07, 6.45) is 4.14. The van der Waals surface area contributed by atoms with E-state index in [1.165, 1.54) is 52.6 Å². The molecule has 3 heteroatoms. The number of halogens is 1. The first-order valence-corrected chi connectivity index (χ1v) is 10.8. The van der Waals surface area contributed by atoms with Crippen LogP contribution in [0, 0.1) is 5.82 Å². The zero-order valence-corrected chi connectivity index (χ0v) is 18.5. The quantitative estimate of drug-likeness (QED) is 0.217. The predicted octanol–water partition coefficient (Wildman–Crippen LogP) is 7.13. The molecular formula is C30H25FO2. The maximum atomic E-state index is 13.0. The fourth-order valence-corrected chi connectivity index (χ4v) is 3.64. The molecule has 0 heterocycles. The van der Waals surface area contributed by atoms with E-state index in [1.807, 2.05) is 12.1 Å². The molecule has 4 rings (SSSR count). The molecule has 0 fully saturated rings. The lowest BCUT2D eigenvalue weighted by molar-refractivity contribution is 0.104. The fourth-order valence-electron chi connectivity index (χ4n) is 3.64. The van der Waals surface area contributed by atoms with Crippen LogP contribution in [0.1, 0.15) is 32.6 Å². The highest BCUT2D eigenvalue weighted by Crippen LogP contribution is 2.22. The van der Waals surface area contributed by atoms with Crippen LogP contribution in [0.15, 0.2) is 103 Å². The van der Waals surface area contributed by atoms with Gasteiger partial charge in [-0.05, 0) is 70.1 Å². The van der Waals surface area contributed by atoms with Gasteiger partial charge in [-0.15, -0.1) is 0 Å². The molecule has 0 aliphatic carbocycles. The van der Waals surface area contributed by atoms with Crippen LogP contribution in [0.25, 0.3) is 17.2 Å². The number of allylic oxidation sites excluding steroid dienone is 1. The van der Waals surface area contributed by atoms with E-state index in [0.717, 1.165) is 17.5 Å². The summed E-state index contributed by atoms with van der Waals surface area (Å²) >= 11 is 0. The van der Waals surface area contributed by atoms with Crippen molar-refractivity contribution in [1.82, 2.24) is 0 Å². The summed E-state index contributed by atoms with van der Waals surface area (Å²) in [5.41, 5.74) is 7.40. The molecule has 0 aliphatic rings. The molecule has 4 aromatic carbocycles. The summed E-state index contributed by atoms with van der Waals surface area (Å²) in [6, 6.07) is 30.8. The van der Waals surface area contributed by atoms with E-state index in [2.05, 4.69) is 60.7 Å². The van der Waals surface area contributed by atoms with E-state index < -0.39 is 0 Å². The molecule has 0 atom stereocenters. The Morgan fingerprint density at radius 2 is 1.24 bits per heavy atom. The second-order valence-corrected chi connectivity index (χ2v) is 7.95. The molecule has 4 aromatic rings. The molecule has 164 valence electrons. The molecule has 0 N–H and O–H groups in total. The average molecular weight is 437 g/mol. The van der Waals surface area contributed by atoms with Crippen molar-refractivity contribution in [2.24, 2.45) is 0 Å². The minimum Gasteiger partial charge on any atom is -0.380 e. The van der Waals surface area contributed by atoms with Crippen molar-refractivity contribution >= 4 is 11.9 Å². The summed E-state index contributed by atoms with van der Waals surface area (Å²) in [4.78, 5) is 12.2. The molecule has 0 saturated carbocycles. The van der Waals surface area contributed by atoms with Gasteiger partial charge < -0.3 is 4.74 Å². The molecule has 0 radical (unpaired) electrons. The van der Waals surface area contributed by atoms with Gasteiger partial charge in [-0.3, -0.25) is 4.79 Å². The molecule has 0 spiro atoms. The standard InChI is InChI=1S/C30H25FO2/c1-33-21-25-8-13-27(14-9-25)26-11-6-24(7-12-26)20-23-4-2-22(3-5-23)10-19-30(32)28-15-17-29(31)18-16-28/h2-19H,20-21H2,1H3/b19-10+. The Balaban J connectivity index is 1.36. The van der Waals surface area contributed by atoms with Crippen molar-refractivity contribution in [3.05, 3.63) is 137 Å². The van der Waals surface area contributed by atoms with E-state index in [-0.39, 0.29) is 11.6 Å². The van der Waals surface area contributed by atoms with Gasteiger partial charge in [0.05, 0.1) is 6.61 Å². The number of rotatable bonds is 8. The van der Waals surface area contributed by atoms with Crippen LogP contribution in [-0.2, 0) is 17.8 Å². The lowest BCUT2D eigenvalue weighted by atomic mass is 9.99. The monoisotopic (exact) mass is 436 g/mol. The minimum atomic E-state index is -0.350. The van der Waals surface area contributed by atoms with Crippen LogP contribution in [0.3, 0.4) is 0 Å². The highest BCUT2D eigenvalue weighted by atomic mass is 19.1. The Kier molecular flexibility index (Phi) is 7.23. The normalized spacial score (nSPS) is 11.1. The van der Waals surface area contributed by atoms with Gasteiger partial charge in [0, 0.05) is 12.7 Å². The zero-order chi connectivity index (χ0) is 23.0. The molecule has 0 aliphatic heterocycles. The Morgan fingerprint density at radius 3 is 1.79 bits per heavy atom. The van der Waals surface area contributed by atoms with Gasteiger partial charge in [-0.25, -0.2) is 4.39 Å². The highest BCUT2D eigenvalue weighted by molar-refractivity contribution is 6.06. The van der Waals surface area contributed by atoms with Gasteiger partial charge in [-0.2, -0.15) is 0 Å². The van der Waals surface area contributed by atoms with Crippen LogP contribution >= 0.6 is 0 Å². The molecule has 0 saturated heterocycles. The molecule has 0 aromatic heterocycles. The molecule has 2 nitrogen and oxygen atoms in total. The second-order valence-electron chi connectivity index (χ2n) is 7.95. The fraction of sp³-hybridized carbons (Fsp3) is 0.100. The Labute approximate surface area is 194 Å². The van der Waals surface area contributed by atoms with Crippen LogP contribution in [0.2, 0.25) is 0 Å². The predicted molar refractivity (Wildman–Crippen MR) is 132 cm³/mol. The van der Waals surface area contributed by atoms with E-state index in [1.54, 1.807) is 13.2 Å². The minimum absolute atomic E-state index is 0.146. The number of hydrogen-bond donors (Lipinski definition) is 0. The summed E-state index contributed by atoms with van der Waals surface area (Å²) in [5.74, 6) is -0.495. The molecule has 0 bridgehead atoms. The number of benzene rings is 4. The van der Waals surface area contributed by atoms with Gasteiger partial charge in [0.25, 0.3) is 0 Å². The third-order valence-corrected chi connectivity index (χ3v) is 5.50. The van der Waals surface area contributed by atoms with Crippen molar-refractivity contribution in [3.63, 3.8) is 0 Å². The number of carbonyl (C=O) groups is 1.